The number of nitrogens with one attached hydrogen (secondary N) is 1. The number of hydrogen-bond donors (Lipinski definition) is 1. The highest BCUT2D eigenvalue weighted by Gasteiger charge is 2.42. The van der Waals surface area contributed by atoms with E-state index in [1.54, 1.807) is 18.5 Å². The first kappa shape index (κ1) is 20.5. The van der Waals surface area contributed by atoms with E-state index in [-0.39, 0.29) is 5.91 Å². The van der Waals surface area contributed by atoms with E-state index in [1.165, 1.54) is 0 Å². The van der Waals surface area contributed by atoms with Gasteiger partial charge in [0, 0.05) is 20.4 Å². The van der Waals surface area contributed by atoms with Gasteiger partial charge in [-0.1, -0.05) is 19.6 Å². The number of carbonyl (C=O) groups is 1. The second-order valence-corrected chi connectivity index (χ2v) is 15.1. The first-order chi connectivity index (χ1) is 14.1. The normalized spacial score (nSPS) is 15.5. The lowest BCUT2D eigenvalue weighted by molar-refractivity contribution is -0.119. The Kier molecular flexibility index (Phi) is 4.93. The summed E-state index contributed by atoms with van der Waals surface area (Å²) < 4.78 is 7.63. The van der Waals surface area contributed by atoms with Gasteiger partial charge in [0.2, 0.25) is 11.7 Å². The number of hydrogen-bond acceptors (Lipinski definition) is 7. The van der Waals surface area contributed by atoms with Crippen molar-refractivity contribution in [3.8, 4) is 11.5 Å². The maximum Gasteiger partial charge on any atom is 0.237 e. The van der Waals surface area contributed by atoms with Crippen molar-refractivity contribution >= 4 is 30.8 Å². The third kappa shape index (κ3) is 3.72. The molecule has 0 radical (unpaired) electrons. The van der Waals surface area contributed by atoms with Crippen LogP contribution >= 0.6 is 0 Å². The molecule has 4 rings (SSSR count). The smallest absolute Gasteiger partial charge is 0.237 e. The van der Waals surface area contributed by atoms with Crippen molar-refractivity contribution in [2.45, 2.75) is 58.6 Å². The molecule has 30 heavy (non-hydrogen) atoms. The molecule has 3 aromatic rings. The molecule has 4 heterocycles. The van der Waals surface area contributed by atoms with Crippen LogP contribution in [-0.4, -0.2) is 50.5 Å². The molecule has 9 nitrogen and oxygen atoms in total. The molecule has 0 bridgehead atoms. The van der Waals surface area contributed by atoms with Crippen LogP contribution in [0.2, 0.25) is 25.7 Å². The summed E-state index contributed by atoms with van der Waals surface area (Å²) in [5, 5.41) is 16.8. The summed E-state index contributed by atoms with van der Waals surface area (Å²) in [6.45, 7) is 13.5. The molecule has 1 aliphatic rings. The molecular weight excluding hydrogens is 398 g/mol. The third-order valence-corrected chi connectivity index (χ3v) is 6.94. The van der Waals surface area contributed by atoms with Crippen molar-refractivity contribution in [3.05, 3.63) is 23.5 Å². The zero-order valence-corrected chi connectivity index (χ0v) is 19.3. The van der Waals surface area contributed by atoms with E-state index in [2.05, 4.69) is 50.2 Å². The van der Waals surface area contributed by atoms with Gasteiger partial charge >= 0.3 is 0 Å². The van der Waals surface area contributed by atoms with Crippen molar-refractivity contribution in [3.63, 3.8) is 0 Å². The molecular formula is C20H27N7O2Si. The minimum absolute atomic E-state index is 0.139. The van der Waals surface area contributed by atoms with Crippen LogP contribution in [0.5, 0.6) is 0 Å². The summed E-state index contributed by atoms with van der Waals surface area (Å²) >= 11 is 0. The molecule has 1 amide bonds. The number of ether oxygens (including phenoxy) is 1. The SMILES string of the molecule is Cc1ccc2c(-c3nnc4c(n3)NC(=O)C4(C)C)nn(COCC[Si](C)(C)C)c2n1. The minimum Gasteiger partial charge on any atom is -0.359 e. The summed E-state index contributed by atoms with van der Waals surface area (Å²) in [6.07, 6.45) is 0. The molecule has 0 saturated heterocycles. The molecule has 158 valence electrons. The minimum atomic E-state index is -1.17. The fraction of sp³-hybridized carbons (Fsp3) is 0.500. The van der Waals surface area contributed by atoms with Gasteiger partial charge in [-0.3, -0.25) is 4.79 Å². The topological polar surface area (TPSA) is 108 Å². The molecule has 0 atom stereocenters. The number of aromatic nitrogens is 6. The molecule has 0 saturated carbocycles. The van der Waals surface area contributed by atoms with Crippen LogP contribution in [-0.2, 0) is 21.7 Å². The van der Waals surface area contributed by atoms with Gasteiger partial charge in [0.25, 0.3) is 0 Å². The Balaban J connectivity index is 1.69. The number of carbonyl (C=O) groups excluding carboxylic acids is 1. The fourth-order valence-corrected chi connectivity index (χ4v) is 3.99. The van der Waals surface area contributed by atoms with Crippen LogP contribution in [0, 0.1) is 6.92 Å². The van der Waals surface area contributed by atoms with Crippen molar-refractivity contribution in [1.82, 2.24) is 29.9 Å². The van der Waals surface area contributed by atoms with Gasteiger partial charge in [-0.05, 0) is 38.9 Å². The summed E-state index contributed by atoms with van der Waals surface area (Å²) in [5.41, 5.74) is 1.97. The number of rotatable bonds is 6. The highest BCUT2D eigenvalue weighted by Crippen LogP contribution is 2.35. The van der Waals surface area contributed by atoms with Crippen LogP contribution in [0.4, 0.5) is 5.82 Å². The van der Waals surface area contributed by atoms with Gasteiger partial charge in [-0.25, -0.2) is 14.6 Å². The molecule has 10 heteroatoms. The number of aryl methyl sites for hydroxylation is 1. The fourth-order valence-electron chi connectivity index (χ4n) is 3.24. The van der Waals surface area contributed by atoms with Gasteiger partial charge in [0.15, 0.2) is 11.5 Å². The Labute approximate surface area is 176 Å². The van der Waals surface area contributed by atoms with Crippen molar-refractivity contribution in [1.29, 1.82) is 0 Å². The number of pyridine rings is 1. The molecule has 0 fully saturated rings. The van der Waals surface area contributed by atoms with Crippen LogP contribution in [0.15, 0.2) is 12.1 Å². The van der Waals surface area contributed by atoms with Crippen molar-refractivity contribution in [2.24, 2.45) is 0 Å². The zero-order chi connectivity index (χ0) is 21.7. The summed E-state index contributed by atoms with van der Waals surface area (Å²) in [6, 6.07) is 4.96. The largest absolute Gasteiger partial charge is 0.359 e. The number of anilines is 1. The average molecular weight is 426 g/mol. The maximum atomic E-state index is 12.2. The lowest BCUT2D eigenvalue weighted by Gasteiger charge is -2.15. The van der Waals surface area contributed by atoms with Crippen molar-refractivity contribution < 1.29 is 9.53 Å². The van der Waals surface area contributed by atoms with Crippen LogP contribution in [0.3, 0.4) is 0 Å². The first-order valence-corrected chi connectivity index (χ1v) is 13.8. The lowest BCUT2D eigenvalue weighted by atomic mass is 9.91. The summed E-state index contributed by atoms with van der Waals surface area (Å²) in [7, 11) is -1.17. The molecule has 3 aromatic heterocycles. The van der Waals surface area contributed by atoms with Gasteiger partial charge in [0.1, 0.15) is 18.1 Å². The molecule has 1 N–H and O–H groups in total. The molecule has 0 aromatic carbocycles. The second kappa shape index (κ2) is 7.20. The van der Waals surface area contributed by atoms with E-state index >= 15 is 0 Å². The van der Waals surface area contributed by atoms with Gasteiger partial charge < -0.3 is 10.1 Å². The van der Waals surface area contributed by atoms with E-state index in [0.717, 1.165) is 17.1 Å². The average Bonchev–Trinajstić information content (AvgIpc) is 3.12. The Morgan fingerprint density at radius 3 is 2.67 bits per heavy atom. The van der Waals surface area contributed by atoms with Gasteiger partial charge in [-0.2, -0.15) is 5.10 Å². The standard InChI is InChI=1S/C20H27N7O2Si/c1-12-7-8-13-14(16-22-17-15(24-25-16)20(2,3)19(28)23-17)26-27(18(13)21-12)11-29-9-10-30(4,5)6/h7-8H,9-11H2,1-6H3,(H,22,23,25,28). The Morgan fingerprint density at radius 1 is 1.17 bits per heavy atom. The number of amides is 1. The second-order valence-electron chi connectivity index (χ2n) is 9.43. The van der Waals surface area contributed by atoms with Crippen LogP contribution in [0.1, 0.15) is 25.2 Å². The predicted octanol–water partition coefficient (Wildman–Crippen LogP) is 3.13. The van der Waals surface area contributed by atoms with Gasteiger partial charge in [0.05, 0.1) is 10.8 Å². The van der Waals surface area contributed by atoms with Gasteiger partial charge in [-0.15, -0.1) is 10.2 Å². The lowest BCUT2D eigenvalue weighted by Crippen LogP contribution is -2.27. The monoisotopic (exact) mass is 425 g/mol. The third-order valence-electron chi connectivity index (χ3n) is 5.23. The Bertz CT molecular complexity index is 1130. The molecule has 1 aliphatic heterocycles. The Hall–Kier alpha value is -2.72. The Morgan fingerprint density at radius 2 is 1.93 bits per heavy atom. The highest BCUT2D eigenvalue weighted by molar-refractivity contribution is 6.76. The quantitative estimate of drug-likeness (QED) is 0.477. The van der Waals surface area contributed by atoms with E-state index < -0.39 is 13.5 Å². The van der Waals surface area contributed by atoms with Crippen molar-refractivity contribution in [2.75, 3.05) is 11.9 Å². The van der Waals surface area contributed by atoms with E-state index in [1.807, 2.05) is 19.1 Å². The predicted molar refractivity (Wildman–Crippen MR) is 117 cm³/mol. The maximum absolute atomic E-state index is 12.2. The molecule has 0 unspecified atom stereocenters. The molecule has 0 spiro atoms. The molecule has 0 aliphatic carbocycles. The summed E-state index contributed by atoms with van der Waals surface area (Å²) in [4.78, 5) is 21.4. The van der Waals surface area contributed by atoms with Crippen LogP contribution < -0.4 is 5.32 Å². The van der Waals surface area contributed by atoms with Crippen LogP contribution in [0.25, 0.3) is 22.6 Å². The van der Waals surface area contributed by atoms with E-state index in [0.29, 0.717) is 42.0 Å². The zero-order valence-electron chi connectivity index (χ0n) is 18.3. The first-order valence-electron chi connectivity index (χ1n) is 10.1. The number of fused-ring (bicyclic) bond motifs is 2. The highest BCUT2D eigenvalue weighted by atomic mass is 28.3. The van der Waals surface area contributed by atoms with E-state index in [9.17, 15) is 4.79 Å². The summed E-state index contributed by atoms with van der Waals surface area (Å²) in [5.74, 6) is 0.646. The number of nitrogens with zero attached hydrogens (tertiary/aromatic N) is 6. The van der Waals surface area contributed by atoms with E-state index in [4.69, 9.17) is 4.74 Å².